The van der Waals surface area contributed by atoms with Crippen LogP contribution < -0.4 is 4.74 Å². The Morgan fingerprint density at radius 3 is 2.29 bits per heavy atom. The third-order valence-corrected chi connectivity index (χ3v) is 2.95. The first-order chi connectivity index (χ1) is 8.38. The van der Waals surface area contributed by atoms with E-state index in [4.69, 9.17) is 4.74 Å². The normalized spacial score (nSPS) is 10.5. The molecule has 1 aromatic heterocycles. The van der Waals surface area contributed by atoms with Gasteiger partial charge < -0.3 is 4.74 Å². The van der Waals surface area contributed by atoms with Crippen molar-refractivity contribution in [3.8, 4) is 5.88 Å². The second-order valence-corrected chi connectivity index (χ2v) is 4.38. The molecule has 0 aliphatic rings. The van der Waals surface area contributed by atoms with Crippen LogP contribution in [-0.2, 0) is 6.42 Å². The van der Waals surface area contributed by atoms with Gasteiger partial charge in [0, 0.05) is 12.4 Å². The molecule has 3 heteroatoms. The van der Waals surface area contributed by atoms with Crippen molar-refractivity contribution in [3.05, 3.63) is 18.1 Å². The molecule has 3 nitrogen and oxygen atoms in total. The largest absolute Gasteiger partial charge is 0.480 e. The zero-order valence-corrected chi connectivity index (χ0v) is 11.1. The van der Waals surface area contributed by atoms with Crippen LogP contribution >= 0.6 is 0 Å². The van der Waals surface area contributed by atoms with Gasteiger partial charge in [0.25, 0.3) is 0 Å². The van der Waals surface area contributed by atoms with Crippen molar-refractivity contribution in [3.63, 3.8) is 0 Å². The molecule has 0 bridgehead atoms. The van der Waals surface area contributed by atoms with Crippen LogP contribution in [-0.4, -0.2) is 17.1 Å². The first-order valence-corrected chi connectivity index (χ1v) is 6.72. The molecule has 1 heterocycles. The van der Waals surface area contributed by atoms with Gasteiger partial charge in [0.15, 0.2) is 0 Å². The number of nitrogens with zero attached hydrogens (tertiary/aromatic N) is 2. The van der Waals surface area contributed by atoms with Crippen LogP contribution in [0.4, 0.5) is 0 Å². The van der Waals surface area contributed by atoms with E-state index < -0.39 is 0 Å². The molecule has 0 fully saturated rings. The van der Waals surface area contributed by atoms with Gasteiger partial charge in [-0.15, -0.1) is 0 Å². The summed E-state index contributed by atoms with van der Waals surface area (Å²) in [7, 11) is 1.65. The maximum atomic E-state index is 5.18. The third-order valence-electron chi connectivity index (χ3n) is 2.95. The lowest BCUT2D eigenvalue weighted by molar-refractivity contribution is 0.388. The summed E-state index contributed by atoms with van der Waals surface area (Å²) in [4.78, 5) is 8.46. The summed E-state index contributed by atoms with van der Waals surface area (Å²) in [5.41, 5.74) is 0.989. The molecule has 1 aromatic rings. The number of hydrogen-bond acceptors (Lipinski definition) is 3. The fourth-order valence-electron chi connectivity index (χ4n) is 1.95. The Kier molecular flexibility index (Phi) is 7.35. The van der Waals surface area contributed by atoms with Crippen LogP contribution in [0.1, 0.15) is 57.6 Å². The van der Waals surface area contributed by atoms with E-state index in [9.17, 15) is 0 Å². The number of ether oxygens (including phenoxy) is 1. The zero-order chi connectivity index (χ0) is 12.3. The topological polar surface area (TPSA) is 35.0 Å². The summed E-state index contributed by atoms with van der Waals surface area (Å²) < 4.78 is 5.18. The average Bonchev–Trinajstić information content (AvgIpc) is 2.38. The monoisotopic (exact) mass is 236 g/mol. The van der Waals surface area contributed by atoms with E-state index in [1.165, 1.54) is 44.9 Å². The lowest BCUT2D eigenvalue weighted by Crippen LogP contribution is -1.98. The SMILES string of the molecule is CCCCCCCCCc1nccnc1OC. The molecule has 0 radical (unpaired) electrons. The first-order valence-electron chi connectivity index (χ1n) is 6.72. The van der Waals surface area contributed by atoms with Gasteiger partial charge in [0.05, 0.1) is 7.11 Å². The predicted molar refractivity (Wildman–Crippen MR) is 70.3 cm³/mol. The third kappa shape index (κ3) is 5.66. The molecular formula is C14H24N2O. The van der Waals surface area contributed by atoms with E-state index in [0.29, 0.717) is 5.88 Å². The number of aryl methyl sites for hydroxylation is 1. The van der Waals surface area contributed by atoms with Crippen molar-refractivity contribution >= 4 is 0 Å². The minimum atomic E-state index is 0.679. The second kappa shape index (κ2) is 8.97. The number of aromatic nitrogens is 2. The molecule has 17 heavy (non-hydrogen) atoms. The van der Waals surface area contributed by atoms with E-state index in [0.717, 1.165) is 12.1 Å². The highest BCUT2D eigenvalue weighted by molar-refractivity contribution is 5.16. The van der Waals surface area contributed by atoms with Crippen LogP contribution in [0.5, 0.6) is 5.88 Å². The lowest BCUT2D eigenvalue weighted by Gasteiger charge is -2.05. The summed E-state index contributed by atoms with van der Waals surface area (Å²) in [5.74, 6) is 0.679. The van der Waals surface area contributed by atoms with Crippen LogP contribution in [0, 0.1) is 0 Å². The standard InChI is InChI=1S/C14H24N2O/c1-3-4-5-6-7-8-9-10-13-14(17-2)16-12-11-15-13/h11-12H,3-10H2,1-2H3. The van der Waals surface area contributed by atoms with E-state index in [1.807, 2.05) is 0 Å². The minimum absolute atomic E-state index is 0.679. The quantitative estimate of drug-likeness (QED) is 0.612. The van der Waals surface area contributed by atoms with Crippen molar-refractivity contribution in [1.29, 1.82) is 0 Å². The van der Waals surface area contributed by atoms with Gasteiger partial charge in [0.1, 0.15) is 5.69 Å². The van der Waals surface area contributed by atoms with Gasteiger partial charge in [-0.2, -0.15) is 0 Å². The Balaban J connectivity index is 2.13. The molecule has 0 saturated carbocycles. The summed E-state index contributed by atoms with van der Waals surface area (Å²) in [6.07, 6.45) is 13.6. The number of methoxy groups -OCH3 is 1. The number of hydrogen-bond donors (Lipinski definition) is 0. The molecule has 0 saturated heterocycles. The Morgan fingerprint density at radius 1 is 0.941 bits per heavy atom. The fraction of sp³-hybridized carbons (Fsp3) is 0.714. The fourth-order valence-corrected chi connectivity index (χ4v) is 1.95. The molecule has 0 aliphatic carbocycles. The van der Waals surface area contributed by atoms with Crippen LogP contribution in [0.3, 0.4) is 0 Å². The Morgan fingerprint density at radius 2 is 1.59 bits per heavy atom. The molecule has 96 valence electrons. The summed E-state index contributed by atoms with van der Waals surface area (Å²) in [6, 6.07) is 0. The maximum Gasteiger partial charge on any atom is 0.235 e. The lowest BCUT2D eigenvalue weighted by atomic mass is 10.1. The minimum Gasteiger partial charge on any atom is -0.480 e. The summed E-state index contributed by atoms with van der Waals surface area (Å²) in [6.45, 7) is 2.25. The molecule has 0 aromatic carbocycles. The molecule has 0 spiro atoms. The molecular weight excluding hydrogens is 212 g/mol. The molecule has 1 rings (SSSR count). The Hall–Kier alpha value is -1.12. The van der Waals surface area contributed by atoms with Crippen molar-refractivity contribution in [2.75, 3.05) is 7.11 Å². The highest BCUT2D eigenvalue weighted by Gasteiger charge is 2.03. The van der Waals surface area contributed by atoms with Crippen molar-refractivity contribution in [2.45, 2.75) is 58.3 Å². The van der Waals surface area contributed by atoms with Gasteiger partial charge in [0.2, 0.25) is 5.88 Å². The van der Waals surface area contributed by atoms with Crippen LogP contribution in [0.15, 0.2) is 12.4 Å². The van der Waals surface area contributed by atoms with Gasteiger partial charge >= 0.3 is 0 Å². The summed E-state index contributed by atoms with van der Waals surface area (Å²) >= 11 is 0. The van der Waals surface area contributed by atoms with Crippen LogP contribution in [0.25, 0.3) is 0 Å². The highest BCUT2D eigenvalue weighted by Crippen LogP contribution is 2.15. The molecule has 0 N–H and O–H groups in total. The van der Waals surface area contributed by atoms with Crippen LogP contribution in [0.2, 0.25) is 0 Å². The predicted octanol–water partition coefficient (Wildman–Crippen LogP) is 3.78. The van der Waals surface area contributed by atoms with E-state index >= 15 is 0 Å². The highest BCUT2D eigenvalue weighted by atomic mass is 16.5. The molecule has 0 unspecified atom stereocenters. The van der Waals surface area contributed by atoms with Crippen molar-refractivity contribution in [1.82, 2.24) is 9.97 Å². The average molecular weight is 236 g/mol. The second-order valence-electron chi connectivity index (χ2n) is 4.38. The van der Waals surface area contributed by atoms with Crippen molar-refractivity contribution < 1.29 is 4.74 Å². The Bertz CT molecular complexity index is 302. The molecule has 0 atom stereocenters. The Labute approximate surface area is 105 Å². The van der Waals surface area contributed by atoms with Gasteiger partial charge in [-0.05, 0) is 12.8 Å². The van der Waals surface area contributed by atoms with E-state index in [1.54, 1.807) is 19.5 Å². The van der Waals surface area contributed by atoms with E-state index in [-0.39, 0.29) is 0 Å². The van der Waals surface area contributed by atoms with Gasteiger partial charge in [-0.1, -0.05) is 45.4 Å². The van der Waals surface area contributed by atoms with Gasteiger partial charge in [-0.3, -0.25) is 4.98 Å². The van der Waals surface area contributed by atoms with Gasteiger partial charge in [-0.25, -0.2) is 4.98 Å². The smallest absolute Gasteiger partial charge is 0.235 e. The maximum absolute atomic E-state index is 5.18. The molecule has 0 aliphatic heterocycles. The zero-order valence-electron chi connectivity index (χ0n) is 11.1. The van der Waals surface area contributed by atoms with Crippen molar-refractivity contribution in [2.24, 2.45) is 0 Å². The summed E-state index contributed by atoms with van der Waals surface area (Å²) in [5, 5.41) is 0. The number of unbranched alkanes of at least 4 members (excludes halogenated alkanes) is 6. The van der Waals surface area contributed by atoms with E-state index in [2.05, 4.69) is 16.9 Å². The first kappa shape index (κ1) is 13.9. The number of rotatable bonds is 9. The molecule has 0 amide bonds.